The van der Waals surface area contributed by atoms with Crippen LogP contribution in [0.15, 0.2) is 24.3 Å². The van der Waals surface area contributed by atoms with Crippen molar-refractivity contribution >= 4 is 0 Å². The molecule has 0 spiro atoms. The van der Waals surface area contributed by atoms with Crippen molar-refractivity contribution in [3.05, 3.63) is 64.2 Å². The van der Waals surface area contributed by atoms with E-state index in [4.69, 9.17) is 9.47 Å². The summed E-state index contributed by atoms with van der Waals surface area (Å²) in [5.74, 6) is -3.60. The van der Waals surface area contributed by atoms with E-state index in [1.54, 1.807) is 6.07 Å². The average Bonchev–Trinajstić information content (AvgIpc) is 2.84. The molecule has 0 aliphatic heterocycles. The number of hydrogen-bond acceptors (Lipinski definition) is 2. The number of halogens is 4. The number of hydrogen-bond donors (Lipinski definition) is 0. The molecule has 0 saturated heterocycles. The lowest BCUT2D eigenvalue weighted by molar-refractivity contribution is 0.0116. The van der Waals surface area contributed by atoms with Gasteiger partial charge in [-0.1, -0.05) is 57.2 Å². The molecule has 1 aliphatic rings. The van der Waals surface area contributed by atoms with E-state index in [9.17, 15) is 17.6 Å². The summed E-state index contributed by atoms with van der Waals surface area (Å²) in [5.41, 5.74) is 0.819. The zero-order valence-corrected chi connectivity index (χ0v) is 20.3. The molecule has 0 heterocycles. The van der Waals surface area contributed by atoms with Crippen LogP contribution in [0.5, 0.6) is 5.75 Å². The molecule has 1 fully saturated rings. The molecule has 34 heavy (non-hydrogen) atoms. The van der Waals surface area contributed by atoms with E-state index in [1.807, 2.05) is 0 Å². The predicted molar refractivity (Wildman–Crippen MR) is 126 cm³/mol. The van der Waals surface area contributed by atoms with Crippen LogP contribution in [0.4, 0.5) is 17.6 Å². The second kappa shape index (κ2) is 13.1. The zero-order valence-electron chi connectivity index (χ0n) is 20.3. The molecular weight excluding hydrogens is 444 g/mol. The molecular formula is C28H36F4O2. The second-order valence-electron chi connectivity index (χ2n) is 9.35. The van der Waals surface area contributed by atoms with Crippen molar-refractivity contribution in [3.8, 4) is 5.75 Å². The maximum absolute atomic E-state index is 14.8. The van der Waals surface area contributed by atoms with Gasteiger partial charge in [0.15, 0.2) is 23.2 Å². The first-order valence-electron chi connectivity index (χ1n) is 12.6. The Balaban J connectivity index is 1.46. The second-order valence-corrected chi connectivity index (χ2v) is 9.35. The van der Waals surface area contributed by atoms with Crippen molar-refractivity contribution in [1.29, 1.82) is 0 Å². The van der Waals surface area contributed by atoms with Crippen LogP contribution in [0.3, 0.4) is 0 Å². The Kier molecular flexibility index (Phi) is 10.2. The Labute approximate surface area is 200 Å². The van der Waals surface area contributed by atoms with Gasteiger partial charge in [0.05, 0.1) is 19.3 Å². The highest BCUT2D eigenvalue weighted by atomic mass is 19.2. The number of ether oxygens (including phenoxy) is 2. The molecule has 0 atom stereocenters. The van der Waals surface area contributed by atoms with E-state index in [1.165, 1.54) is 44.4 Å². The number of rotatable bonds is 12. The molecule has 0 aromatic heterocycles. The van der Waals surface area contributed by atoms with Crippen LogP contribution in [-0.4, -0.2) is 12.7 Å². The van der Waals surface area contributed by atoms with Crippen molar-refractivity contribution in [2.75, 3.05) is 6.61 Å². The highest BCUT2D eigenvalue weighted by Gasteiger charge is 2.27. The fourth-order valence-corrected chi connectivity index (χ4v) is 4.58. The van der Waals surface area contributed by atoms with E-state index in [2.05, 4.69) is 6.92 Å². The van der Waals surface area contributed by atoms with Gasteiger partial charge in [-0.25, -0.2) is 13.2 Å². The molecule has 0 amide bonds. The van der Waals surface area contributed by atoms with Crippen LogP contribution in [0.1, 0.15) is 93.7 Å². The largest absolute Gasteiger partial charge is 0.490 e. The maximum Gasteiger partial charge on any atom is 0.200 e. The maximum atomic E-state index is 14.8. The predicted octanol–water partition coefficient (Wildman–Crippen LogP) is 8.53. The topological polar surface area (TPSA) is 18.5 Å². The van der Waals surface area contributed by atoms with Crippen LogP contribution < -0.4 is 4.74 Å². The molecule has 0 N–H and O–H groups in total. The Morgan fingerprint density at radius 3 is 2.21 bits per heavy atom. The standard InChI is InChI=1S/C28H36F4O2/c1-3-4-5-6-7-8-17-33-24-16-15-23(27(31)28(24)32)20-11-13-22(14-12-20)34-18-21-10-9-19(2)25(29)26(21)30/h9-10,15-16,20,22H,3-8,11-14,17-18H2,1-2H3. The molecule has 188 valence electrons. The van der Waals surface area contributed by atoms with Crippen molar-refractivity contribution in [2.45, 2.75) is 96.7 Å². The van der Waals surface area contributed by atoms with Gasteiger partial charge < -0.3 is 9.47 Å². The van der Waals surface area contributed by atoms with E-state index >= 15 is 0 Å². The quantitative estimate of drug-likeness (QED) is 0.224. The molecule has 2 aromatic rings. The van der Waals surface area contributed by atoms with Gasteiger partial charge in [-0.15, -0.1) is 0 Å². The fraction of sp³-hybridized carbons (Fsp3) is 0.571. The van der Waals surface area contributed by atoms with E-state index in [-0.39, 0.29) is 35.5 Å². The van der Waals surface area contributed by atoms with E-state index in [0.29, 0.717) is 37.9 Å². The Hall–Kier alpha value is -2.08. The monoisotopic (exact) mass is 480 g/mol. The first-order valence-corrected chi connectivity index (χ1v) is 12.6. The smallest absolute Gasteiger partial charge is 0.200 e. The van der Waals surface area contributed by atoms with Crippen molar-refractivity contribution in [3.63, 3.8) is 0 Å². The fourth-order valence-electron chi connectivity index (χ4n) is 4.58. The van der Waals surface area contributed by atoms with Gasteiger partial charge in [-0.05, 0) is 62.1 Å². The van der Waals surface area contributed by atoms with Crippen molar-refractivity contribution in [2.24, 2.45) is 0 Å². The zero-order chi connectivity index (χ0) is 24.5. The summed E-state index contributed by atoms with van der Waals surface area (Å²) >= 11 is 0. The molecule has 1 saturated carbocycles. The van der Waals surface area contributed by atoms with Gasteiger partial charge in [-0.2, -0.15) is 4.39 Å². The molecule has 0 radical (unpaired) electrons. The lowest BCUT2D eigenvalue weighted by Crippen LogP contribution is -2.21. The highest BCUT2D eigenvalue weighted by Crippen LogP contribution is 2.37. The average molecular weight is 481 g/mol. The lowest BCUT2D eigenvalue weighted by atomic mass is 9.82. The van der Waals surface area contributed by atoms with Crippen LogP contribution in [0.2, 0.25) is 0 Å². The summed E-state index contributed by atoms with van der Waals surface area (Å²) in [6.07, 6.45) is 9.07. The summed E-state index contributed by atoms with van der Waals surface area (Å²) in [4.78, 5) is 0. The first-order chi connectivity index (χ1) is 16.4. The van der Waals surface area contributed by atoms with Gasteiger partial charge in [0.1, 0.15) is 0 Å². The third kappa shape index (κ3) is 6.97. The van der Waals surface area contributed by atoms with Crippen LogP contribution >= 0.6 is 0 Å². The molecule has 0 bridgehead atoms. The summed E-state index contributed by atoms with van der Waals surface area (Å²) < 4.78 is 68.4. The first kappa shape index (κ1) is 26.5. The highest BCUT2D eigenvalue weighted by molar-refractivity contribution is 5.33. The van der Waals surface area contributed by atoms with Crippen LogP contribution in [0.25, 0.3) is 0 Å². The molecule has 0 unspecified atom stereocenters. The molecule has 2 nitrogen and oxygen atoms in total. The van der Waals surface area contributed by atoms with Crippen molar-refractivity contribution < 1.29 is 27.0 Å². The summed E-state index contributed by atoms with van der Waals surface area (Å²) in [5, 5.41) is 0. The van der Waals surface area contributed by atoms with Gasteiger partial charge in [0, 0.05) is 5.56 Å². The SMILES string of the molecule is CCCCCCCCOc1ccc(C2CCC(OCc3ccc(C)c(F)c3F)CC2)c(F)c1F. The number of unbranched alkanes of at least 4 members (excludes halogenated alkanes) is 5. The number of benzene rings is 2. The van der Waals surface area contributed by atoms with E-state index < -0.39 is 23.3 Å². The van der Waals surface area contributed by atoms with Gasteiger partial charge in [0.25, 0.3) is 0 Å². The summed E-state index contributed by atoms with van der Waals surface area (Å²) in [6, 6.07) is 6.23. The van der Waals surface area contributed by atoms with Gasteiger partial charge in [-0.3, -0.25) is 0 Å². The summed E-state index contributed by atoms with van der Waals surface area (Å²) in [6.45, 7) is 4.06. The minimum absolute atomic E-state index is 0.00794. The minimum atomic E-state index is -0.918. The van der Waals surface area contributed by atoms with Crippen LogP contribution in [-0.2, 0) is 11.3 Å². The van der Waals surface area contributed by atoms with Gasteiger partial charge >= 0.3 is 0 Å². The van der Waals surface area contributed by atoms with E-state index in [0.717, 1.165) is 19.3 Å². The van der Waals surface area contributed by atoms with Gasteiger partial charge in [0.2, 0.25) is 5.82 Å². The third-order valence-electron chi connectivity index (χ3n) is 6.78. The molecule has 1 aliphatic carbocycles. The van der Waals surface area contributed by atoms with Crippen molar-refractivity contribution in [1.82, 2.24) is 0 Å². The Bertz CT molecular complexity index is 923. The minimum Gasteiger partial charge on any atom is -0.490 e. The lowest BCUT2D eigenvalue weighted by Gasteiger charge is -2.29. The summed E-state index contributed by atoms with van der Waals surface area (Å²) in [7, 11) is 0. The number of aryl methyl sites for hydroxylation is 1. The van der Waals surface area contributed by atoms with Crippen LogP contribution in [0, 0.1) is 30.2 Å². The molecule has 3 rings (SSSR count). The molecule has 6 heteroatoms. The third-order valence-corrected chi connectivity index (χ3v) is 6.78. The molecule has 2 aromatic carbocycles. The normalized spacial score (nSPS) is 18.3. The Morgan fingerprint density at radius 1 is 0.765 bits per heavy atom. The Morgan fingerprint density at radius 2 is 1.47 bits per heavy atom.